The van der Waals surface area contributed by atoms with Crippen LogP contribution in [-0.2, 0) is 32.3 Å². The van der Waals surface area contributed by atoms with Gasteiger partial charge in [-0.2, -0.15) is 0 Å². The number of rotatable bonds is 6. The van der Waals surface area contributed by atoms with Gasteiger partial charge in [-0.3, -0.25) is 14.6 Å². The topological polar surface area (TPSA) is 65.5 Å². The lowest BCUT2D eigenvalue weighted by molar-refractivity contribution is -0.130. The van der Waals surface area contributed by atoms with Crippen LogP contribution in [0.5, 0.6) is 0 Å². The van der Waals surface area contributed by atoms with Crippen LogP contribution in [0.25, 0.3) is 0 Å². The maximum Gasteiger partial charge on any atom is 0.293 e. The minimum Gasteiger partial charge on any atom is -0.461 e. The number of aromatic nitrogens is 1. The average molecular weight is 195 g/mol. The third-order valence-corrected chi connectivity index (χ3v) is 1.46. The minimum atomic E-state index is 0.123. The Morgan fingerprint density at radius 1 is 1.07 bits per heavy atom. The third-order valence-electron chi connectivity index (χ3n) is 1.46. The van der Waals surface area contributed by atoms with Gasteiger partial charge < -0.3 is 9.47 Å². The first-order valence-corrected chi connectivity index (χ1v) is 3.92. The van der Waals surface area contributed by atoms with Gasteiger partial charge in [-0.15, -0.1) is 0 Å². The fourth-order valence-electron chi connectivity index (χ4n) is 0.929. The van der Waals surface area contributed by atoms with Gasteiger partial charge in [-0.25, -0.2) is 0 Å². The zero-order valence-electron chi connectivity index (χ0n) is 7.38. The van der Waals surface area contributed by atoms with Crippen molar-refractivity contribution in [3.05, 3.63) is 29.6 Å². The lowest BCUT2D eigenvalue weighted by atomic mass is 10.3. The molecule has 0 aliphatic carbocycles. The monoisotopic (exact) mass is 195 g/mol. The first-order valence-electron chi connectivity index (χ1n) is 3.92. The van der Waals surface area contributed by atoms with Crippen molar-refractivity contribution in [2.75, 3.05) is 0 Å². The van der Waals surface area contributed by atoms with Gasteiger partial charge >= 0.3 is 0 Å². The van der Waals surface area contributed by atoms with Gasteiger partial charge in [-0.1, -0.05) is 6.07 Å². The molecule has 5 nitrogen and oxygen atoms in total. The zero-order valence-corrected chi connectivity index (χ0v) is 7.38. The molecule has 0 atom stereocenters. The van der Waals surface area contributed by atoms with E-state index >= 15 is 0 Å². The van der Waals surface area contributed by atoms with Crippen LogP contribution in [0.4, 0.5) is 0 Å². The SMILES string of the molecule is O=COCc1cccc(COC=O)n1. The molecule has 0 radical (unpaired) electrons. The molecule has 0 aliphatic heterocycles. The van der Waals surface area contributed by atoms with Crippen molar-refractivity contribution in [1.29, 1.82) is 0 Å². The fraction of sp³-hybridized carbons (Fsp3) is 0.222. The van der Waals surface area contributed by atoms with Gasteiger partial charge in [0.05, 0.1) is 11.4 Å². The number of hydrogen-bond donors (Lipinski definition) is 0. The highest BCUT2D eigenvalue weighted by molar-refractivity contribution is 5.37. The lowest BCUT2D eigenvalue weighted by Gasteiger charge is -2.02. The van der Waals surface area contributed by atoms with Crippen molar-refractivity contribution in [2.24, 2.45) is 0 Å². The first-order chi connectivity index (χ1) is 6.86. The summed E-state index contributed by atoms with van der Waals surface area (Å²) in [7, 11) is 0. The Hall–Kier alpha value is -1.91. The molecule has 0 spiro atoms. The summed E-state index contributed by atoms with van der Waals surface area (Å²) in [5, 5.41) is 0. The van der Waals surface area contributed by atoms with Crippen molar-refractivity contribution in [3.63, 3.8) is 0 Å². The number of nitrogens with zero attached hydrogens (tertiary/aromatic N) is 1. The quantitative estimate of drug-likeness (QED) is 0.616. The van der Waals surface area contributed by atoms with E-state index in [2.05, 4.69) is 14.5 Å². The predicted octanol–water partition coefficient (Wildman–Crippen LogP) is 0.428. The smallest absolute Gasteiger partial charge is 0.293 e. The average Bonchev–Trinajstić information content (AvgIpc) is 2.24. The molecule has 0 amide bonds. The molecule has 0 fully saturated rings. The van der Waals surface area contributed by atoms with Crippen LogP contribution < -0.4 is 0 Å². The van der Waals surface area contributed by atoms with Gasteiger partial charge in [0.15, 0.2) is 0 Å². The molecule has 0 aliphatic rings. The molecule has 5 heteroatoms. The number of hydrogen-bond acceptors (Lipinski definition) is 5. The van der Waals surface area contributed by atoms with Crippen molar-refractivity contribution >= 4 is 12.9 Å². The standard InChI is InChI=1S/C9H9NO4/c11-6-13-4-8-2-1-3-9(10-8)5-14-7-12/h1-3,6-7H,4-5H2. The molecule has 0 saturated carbocycles. The molecular formula is C9H9NO4. The second kappa shape index (κ2) is 5.69. The highest BCUT2D eigenvalue weighted by Gasteiger charge is 1.98. The molecule has 0 unspecified atom stereocenters. The van der Waals surface area contributed by atoms with Crippen LogP contribution in [0.2, 0.25) is 0 Å². The summed E-state index contributed by atoms with van der Waals surface area (Å²) in [5.41, 5.74) is 1.23. The number of carbonyl (C=O) groups is 2. The fourth-order valence-corrected chi connectivity index (χ4v) is 0.929. The molecule has 1 heterocycles. The molecule has 0 bridgehead atoms. The number of carbonyl (C=O) groups excluding carboxylic acids is 2. The van der Waals surface area contributed by atoms with Crippen molar-refractivity contribution < 1.29 is 19.1 Å². The molecule has 14 heavy (non-hydrogen) atoms. The largest absolute Gasteiger partial charge is 0.461 e. The minimum absolute atomic E-state index is 0.123. The summed E-state index contributed by atoms with van der Waals surface area (Å²) in [6, 6.07) is 5.18. The molecular weight excluding hydrogens is 186 g/mol. The van der Waals surface area contributed by atoms with Gasteiger partial charge in [0, 0.05) is 0 Å². The van der Waals surface area contributed by atoms with Crippen LogP contribution in [0.1, 0.15) is 11.4 Å². The Labute approximate surface area is 80.7 Å². The summed E-state index contributed by atoms with van der Waals surface area (Å²) < 4.78 is 9.05. The summed E-state index contributed by atoms with van der Waals surface area (Å²) in [4.78, 5) is 23.9. The normalized spacial score (nSPS) is 9.14. The van der Waals surface area contributed by atoms with Crippen molar-refractivity contribution in [2.45, 2.75) is 13.2 Å². The Balaban J connectivity index is 2.58. The van der Waals surface area contributed by atoms with E-state index in [1.807, 2.05) is 0 Å². The lowest BCUT2D eigenvalue weighted by Crippen LogP contribution is -1.99. The molecule has 74 valence electrons. The Bertz CT molecular complexity index is 286. The Kier molecular flexibility index (Phi) is 4.13. The summed E-state index contributed by atoms with van der Waals surface area (Å²) in [6.07, 6.45) is 0. The molecule has 0 N–H and O–H groups in total. The summed E-state index contributed by atoms with van der Waals surface area (Å²) in [5.74, 6) is 0. The number of ether oxygens (including phenoxy) is 2. The van der Waals surface area contributed by atoms with E-state index in [-0.39, 0.29) is 13.2 Å². The van der Waals surface area contributed by atoms with Crippen LogP contribution in [0, 0.1) is 0 Å². The van der Waals surface area contributed by atoms with E-state index in [4.69, 9.17) is 0 Å². The van der Waals surface area contributed by atoms with Gasteiger partial charge in [-0.05, 0) is 12.1 Å². The van der Waals surface area contributed by atoms with E-state index in [0.29, 0.717) is 24.3 Å². The molecule has 0 saturated heterocycles. The zero-order chi connectivity index (χ0) is 10.2. The maximum atomic E-state index is 9.91. The van der Waals surface area contributed by atoms with E-state index < -0.39 is 0 Å². The Morgan fingerprint density at radius 3 is 2.00 bits per heavy atom. The molecule has 1 aromatic rings. The van der Waals surface area contributed by atoms with Gasteiger partial charge in [0.25, 0.3) is 12.9 Å². The van der Waals surface area contributed by atoms with Gasteiger partial charge in [0.1, 0.15) is 13.2 Å². The predicted molar refractivity (Wildman–Crippen MR) is 45.9 cm³/mol. The summed E-state index contributed by atoms with van der Waals surface area (Å²) in [6.45, 7) is 0.962. The van der Waals surface area contributed by atoms with E-state index in [1.165, 1.54) is 0 Å². The summed E-state index contributed by atoms with van der Waals surface area (Å²) >= 11 is 0. The van der Waals surface area contributed by atoms with Gasteiger partial charge in [0.2, 0.25) is 0 Å². The van der Waals surface area contributed by atoms with E-state index in [0.717, 1.165) is 0 Å². The number of pyridine rings is 1. The maximum absolute atomic E-state index is 9.91. The van der Waals surface area contributed by atoms with Crippen LogP contribution >= 0.6 is 0 Å². The van der Waals surface area contributed by atoms with Crippen LogP contribution in [0.15, 0.2) is 18.2 Å². The Morgan fingerprint density at radius 2 is 1.57 bits per heavy atom. The highest BCUT2D eigenvalue weighted by Crippen LogP contribution is 2.01. The molecule has 1 rings (SSSR count). The second-order valence-electron chi connectivity index (χ2n) is 2.43. The second-order valence-corrected chi connectivity index (χ2v) is 2.43. The highest BCUT2D eigenvalue weighted by atomic mass is 16.5. The van der Waals surface area contributed by atoms with Crippen LogP contribution in [0.3, 0.4) is 0 Å². The first kappa shape index (κ1) is 10.2. The van der Waals surface area contributed by atoms with E-state index in [9.17, 15) is 9.59 Å². The van der Waals surface area contributed by atoms with Crippen molar-refractivity contribution in [1.82, 2.24) is 4.98 Å². The third kappa shape index (κ3) is 3.22. The molecule has 0 aromatic carbocycles. The van der Waals surface area contributed by atoms with Crippen LogP contribution in [-0.4, -0.2) is 17.9 Å². The van der Waals surface area contributed by atoms with Crippen molar-refractivity contribution in [3.8, 4) is 0 Å². The molecule has 1 aromatic heterocycles. The van der Waals surface area contributed by atoms with E-state index in [1.54, 1.807) is 18.2 Å².